The van der Waals surface area contributed by atoms with Crippen LogP contribution in [0.5, 0.6) is 5.88 Å². The minimum atomic E-state index is -0.954. The molecule has 1 N–H and O–H groups in total. The number of ether oxygens (including phenoxy) is 2. The van der Waals surface area contributed by atoms with E-state index in [9.17, 15) is 4.79 Å². The maximum atomic E-state index is 11.1. The summed E-state index contributed by atoms with van der Waals surface area (Å²) >= 11 is 0. The van der Waals surface area contributed by atoms with Gasteiger partial charge in [-0.25, -0.2) is 9.78 Å². The molecule has 20 heavy (non-hydrogen) atoms. The van der Waals surface area contributed by atoms with E-state index in [1.54, 1.807) is 6.07 Å². The van der Waals surface area contributed by atoms with Gasteiger partial charge in [0.15, 0.2) is 0 Å². The van der Waals surface area contributed by atoms with Gasteiger partial charge in [0.2, 0.25) is 5.88 Å². The van der Waals surface area contributed by atoms with Gasteiger partial charge in [0.1, 0.15) is 0 Å². The van der Waals surface area contributed by atoms with Gasteiger partial charge in [0, 0.05) is 25.0 Å². The summed E-state index contributed by atoms with van der Waals surface area (Å²) in [6, 6.07) is 3.10. The average molecular weight is 279 g/mol. The van der Waals surface area contributed by atoms with Crippen LogP contribution in [-0.4, -0.2) is 35.9 Å². The first kappa shape index (κ1) is 14.8. The van der Waals surface area contributed by atoms with Crippen molar-refractivity contribution in [2.75, 3.05) is 19.8 Å². The minimum Gasteiger partial charge on any atom is -0.478 e. The van der Waals surface area contributed by atoms with E-state index in [2.05, 4.69) is 4.98 Å². The quantitative estimate of drug-likeness (QED) is 0.897. The number of aromatic carboxylic acids is 1. The molecular weight excluding hydrogens is 258 g/mol. The summed E-state index contributed by atoms with van der Waals surface area (Å²) in [6.45, 7) is 6.07. The van der Waals surface area contributed by atoms with E-state index in [-0.39, 0.29) is 11.5 Å². The van der Waals surface area contributed by atoms with Crippen molar-refractivity contribution >= 4 is 5.97 Å². The number of hydrogen-bond donors (Lipinski definition) is 1. The smallest absolute Gasteiger partial charge is 0.335 e. The van der Waals surface area contributed by atoms with Gasteiger partial charge in [-0.2, -0.15) is 0 Å². The highest BCUT2D eigenvalue weighted by Crippen LogP contribution is 2.21. The lowest BCUT2D eigenvalue weighted by molar-refractivity contribution is 0.0489. The van der Waals surface area contributed by atoms with Crippen LogP contribution in [-0.2, 0) is 4.74 Å². The first-order chi connectivity index (χ1) is 9.56. The maximum Gasteiger partial charge on any atom is 0.335 e. The van der Waals surface area contributed by atoms with Crippen molar-refractivity contribution < 1.29 is 19.4 Å². The number of hydrogen-bond acceptors (Lipinski definition) is 4. The van der Waals surface area contributed by atoms with Crippen molar-refractivity contribution in [1.29, 1.82) is 0 Å². The van der Waals surface area contributed by atoms with Crippen molar-refractivity contribution in [2.45, 2.75) is 32.6 Å². The van der Waals surface area contributed by atoms with Crippen LogP contribution < -0.4 is 4.74 Å². The lowest BCUT2D eigenvalue weighted by Gasteiger charge is -2.22. The van der Waals surface area contributed by atoms with Crippen LogP contribution in [0.25, 0.3) is 0 Å². The van der Waals surface area contributed by atoms with Crippen molar-refractivity contribution in [1.82, 2.24) is 4.98 Å². The molecule has 1 aromatic heterocycles. The van der Waals surface area contributed by atoms with E-state index in [4.69, 9.17) is 14.6 Å². The molecule has 2 rings (SSSR count). The molecule has 0 bridgehead atoms. The highest BCUT2D eigenvalue weighted by atomic mass is 16.5. The largest absolute Gasteiger partial charge is 0.478 e. The van der Waals surface area contributed by atoms with Gasteiger partial charge in [-0.15, -0.1) is 0 Å². The molecule has 0 spiro atoms. The van der Waals surface area contributed by atoms with E-state index >= 15 is 0 Å². The summed E-state index contributed by atoms with van der Waals surface area (Å²) in [7, 11) is 0. The van der Waals surface area contributed by atoms with Crippen LogP contribution in [0.4, 0.5) is 0 Å². The van der Waals surface area contributed by atoms with E-state index in [0.717, 1.165) is 31.7 Å². The van der Waals surface area contributed by atoms with E-state index < -0.39 is 5.97 Å². The Morgan fingerprint density at radius 2 is 2.15 bits per heavy atom. The number of carboxylic acid groups (broad SMARTS) is 1. The summed E-state index contributed by atoms with van der Waals surface area (Å²) < 4.78 is 11.0. The zero-order valence-electron chi connectivity index (χ0n) is 12.0. The molecule has 5 heteroatoms. The van der Waals surface area contributed by atoms with Gasteiger partial charge in [0.05, 0.1) is 12.2 Å². The monoisotopic (exact) mass is 279 g/mol. The Morgan fingerprint density at radius 3 is 2.75 bits per heavy atom. The summed E-state index contributed by atoms with van der Waals surface area (Å²) in [5, 5.41) is 9.13. The maximum absolute atomic E-state index is 11.1. The van der Waals surface area contributed by atoms with Crippen molar-refractivity contribution in [3.8, 4) is 5.88 Å². The molecule has 2 heterocycles. The fraction of sp³-hybridized carbons (Fsp3) is 0.600. The minimum absolute atomic E-state index is 0.166. The van der Waals surface area contributed by atoms with Crippen molar-refractivity contribution in [3.63, 3.8) is 0 Å². The Kier molecular flexibility index (Phi) is 4.95. The van der Waals surface area contributed by atoms with Crippen LogP contribution in [0.1, 0.15) is 48.7 Å². The van der Waals surface area contributed by atoms with Gasteiger partial charge < -0.3 is 14.6 Å². The summed E-state index contributed by atoms with van der Waals surface area (Å²) in [6.07, 6.45) is 1.96. The second-order valence-electron chi connectivity index (χ2n) is 5.45. The zero-order valence-corrected chi connectivity index (χ0v) is 12.0. The van der Waals surface area contributed by atoms with Gasteiger partial charge in [-0.1, -0.05) is 13.8 Å². The topological polar surface area (TPSA) is 68.7 Å². The third-order valence-electron chi connectivity index (χ3n) is 3.47. The van der Waals surface area contributed by atoms with Gasteiger partial charge in [-0.3, -0.25) is 0 Å². The molecule has 0 aromatic carbocycles. The molecule has 0 saturated carbocycles. The van der Waals surface area contributed by atoms with Crippen molar-refractivity contribution in [3.05, 3.63) is 23.4 Å². The molecular formula is C15H21NO4. The number of carboxylic acids is 1. The molecule has 0 amide bonds. The Morgan fingerprint density at radius 1 is 1.45 bits per heavy atom. The predicted molar refractivity (Wildman–Crippen MR) is 74.3 cm³/mol. The molecule has 1 saturated heterocycles. The number of aromatic nitrogens is 1. The summed E-state index contributed by atoms with van der Waals surface area (Å²) in [5.74, 6) is 0.0755. The normalized spacial score (nSPS) is 16.4. The molecule has 0 aliphatic carbocycles. The highest BCUT2D eigenvalue weighted by molar-refractivity contribution is 5.88. The van der Waals surface area contributed by atoms with Gasteiger partial charge >= 0.3 is 5.97 Å². The van der Waals surface area contributed by atoms with Crippen LogP contribution in [0.2, 0.25) is 0 Å². The molecule has 1 aliphatic rings. The fourth-order valence-electron chi connectivity index (χ4n) is 2.14. The third kappa shape index (κ3) is 3.93. The molecule has 110 valence electrons. The molecule has 5 nitrogen and oxygen atoms in total. The van der Waals surface area contributed by atoms with Gasteiger partial charge in [-0.05, 0) is 30.7 Å². The Labute approximate surface area is 118 Å². The van der Waals surface area contributed by atoms with Crippen LogP contribution >= 0.6 is 0 Å². The predicted octanol–water partition coefficient (Wildman–Crippen LogP) is 2.71. The molecule has 1 aliphatic heterocycles. The molecule has 0 atom stereocenters. The average Bonchev–Trinajstić information content (AvgIpc) is 2.45. The second-order valence-corrected chi connectivity index (χ2v) is 5.45. The molecule has 0 radical (unpaired) electrons. The first-order valence-electron chi connectivity index (χ1n) is 7.02. The third-order valence-corrected chi connectivity index (χ3v) is 3.47. The SMILES string of the molecule is CC(C)c1cc(C(=O)O)cc(OCC2CCOCC2)n1. The molecule has 1 aromatic rings. The van der Waals surface area contributed by atoms with Crippen molar-refractivity contribution in [2.24, 2.45) is 5.92 Å². The standard InChI is InChI=1S/C15H21NO4/c1-10(2)13-7-12(15(17)18)8-14(16-13)20-9-11-3-5-19-6-4-11/h7-8,10-11H,3-6,9H2,1-2H3,(H,17,18). The molecule has 1 fully saturated rings. The Hall–Kier alpha value is -1.62. The number of carbonyl (C=O) groups is 1. The van der Waals surface area contributed by atoms with E-state index in [0.29, 0.717) is 18.4 Å². The number of pyridine rings is 1. The number of rotatable bonds is 5. The Balaban J connectivity index is 2.07. The van der Waals surface area contributed by atoms with E-state index in [1.807, 2.05) is 13.8 Å². The van der Waals surface area contributed by atoms with Crippen LogP contribution in [0.15, 0.2) is 12.1 Å². The summed E-state index contributed by atoms with van der Waals surface area (Å²) in [4.78, 5) is 15.5. The highest BCUT2D eigenvalue weighted by Gasteiger charge is 2.16. The number of nitrogens with zero attached hydrogens (tertiary/aromatic N) is 1. The lowest BCUT2D eigenvalue weighted by Crippen LogP contribution is -2.21. The zero-order chi connectivity index (χ0) is 14.5. The molecule has 0 unspecified atom stereocenters. The fourth-order valence-corrected chi connectivity index (χ4v) is 2.14. The first-order valence-corrected chi connectivity index (χ1v) is 7.02. The summed E-state index contributed by atoms with van der Waals surface area (Å²) in [5.41, 5.74) is 0.970. The Bertz CT molecular complexity index is 467. The van der Waals surface area contributed by atoms with Crippen LogP contribution in [0, 0.1) is 5.92 Å². The van der Waals surface area contributed by atoms with Gasteiger partial charge in [0.25, 0.3) is 0 Å². The van der Waals surface area contributed by atoms with Crippen LogP contribution in [0.3, 0.4) is 0 Å². The lowest BCUT2D eigenvalue weighted by atomic mass is 10.0. The second kappa shape index (κ2) is 6.70. The van der Waals surface area contributed by atoms with E-state index in [1.165, 1.54) is 6.07 Å².